The molecule has 1 unspecified atom stereocenters. The normalized spacial score (nSPS) is 22.4. The fraction of sp³-hybridized carbons (Fsp3) is 0.667. The summed E-state index contributed by atoms with van der Waals surface area (Å²) in [6, 6.07) is 3.40. The molecule has 2 amide bonds. The third-order valence-corrected chi connectivity index (χ3v) is 5.56. The summed E-state index contributed by atoms with van der Waals surface area (Å²) in [6.07, 6.45) is 3.12. The zero-order valence-corrected chi connectivity index (χ0v) is 16.8. The van der Waals surface area contributed by atoms with Gasteiger partial charge in [-0.3, -0.25) is 9.59 Å². The van der Waals surface area contributed by atoms with Crippen LogP contribution >= 0.6 is 15.9 Å². The highest BCUT2D eigenvalue weighted by Gasteiger charge is 2.42. The van der Waals surface area contributed by atoms with Crippen molar-refractivity contribution in [2.45, 2.75) is 37.4 Å². The van der Waals surface area contributed by atoms with Crippen LogP contribution in [0, 0.1) is 0 Å². The summed E-state index contributed by atoms with van der Waals surface area (Å²) in [5.41, 5.74) is -0.259. The summed E-state index contributed by atoms with van der Waals surface area (Å²) in [5.74, 6) is 0.224. The van der Waals surface area contributed by atoms with Gasteiger partial charge in [0.25, 0.3) is 5.91 Å². The van der Waals surface area contributed by atoms with Crippen LogP contribution in [0.5, 0.6) is 0 Å². The Kier molecular flexibility index (Phi) is 6.04. The Morgan fingerprint density at radius 3 is 2.69 bits per heavy atom. The number of rotatable bonds is 4. The number of hydrogen-bond donors (Lipinski definition) is 0. The molecule has 1 aromatic rings. The highest BCUT2D eigenvalue weighted by Crippen LogP contribution is 2.36. The van der Waals surface area contributed by atoms with E-state index in [1.165, 1.54) is 4.90 Å². The first-order chi connectivity index (χ1) is 12.4. The molecule has 1 aromatic heterocycles. The van der Waals surface area contributed by atoms with Gasteiger partial charge in [-0.15, -0.1) is 0 Å². The smallest absolute Gasteiger partial charge is 0.289 e. The number of amides is 2. The molecule has 3 heterocycles. The lowest BCUT2D eigenvalue weighted by atomic mass is 9.83. The molecular formula is C18H25BrN2O5. The second kappa shape index (κ2) is 8.10. The summed E-state index contributed by atoms with van der Waals surface area (Å²) in [7, 11) is 3.45. The summed E-state index contributed by atoms with van der Waals surface area (Å²) in [6.45, 7) is 1.98. The van der Waals surface area contributed by atoms with Crippen LogP contribution in [0.2, 0.25) is 0 Å². The second-order valence-corrected chi connectivity index (χ2v) is 7.92. The van der Waals surface area contributed by atoms with Gasteiger partial charge in [-0.1, -0.05) is 0 Å². The summed E-state index contributed by atoms with van der Waals surface area (Å²) < 4.78 is 17.8. The standard InChI is InChI=1S/C18H25BrN2O5/c1-20(2)16(22)12-24-13-5-10-25-18(11-13)6-8-21(9-7-18)17(23)14-3-4-15(19)26-14/h3-4,13H,5-12H2,1-2H3. The van der Waals surface area contributed by atoms with E-state index in [9.17, 15) is 9.59 Å². The average molecular weight is 429 g/mol. The number of likely N-dealkylation sites (tertiary alicyclic amines) is 1. The molecule has 0 N–H and O–H groups in total. The van der Waals surface area contributed by atoms with E-state index in [1.54, 1.807) is 31.1 Å². The number of furan rings is 1. The minimum atomic E-state index is -0.259. The molecule has 7 nitrogen and oxygen atoms in total. The SMILES string of the molecule is CN(C)C(=O)COC1CCOC2(CCN(C(=O)c3ccc(Br)o3)CC2)C1. The average Bonchev–Trinajstić information content (AvgIpc) is 3.06. The minimum absolute atomic E-state index is 0.0240. The molecule has 0 bridgehead atoms. The van der Waals surface area contributed by atoms with E-state index < -0.39 is 0 Å². The van der Waals surface area contributed by atoms with Crippen LogP contribution in [-0.4, -0.2) is 73.7 Å². The predicted molar refractivity (Wildman–Crippen MR) is 97.9 cm³/mol. The van der Waals surface area contributed by atoms with Crippen molar-refractivity contribution in [3.63, 3.8) is 0 Å². The highest BCUT2D eigenvalue weighted by atomic mass is 79.9. The highest BCUT2D eigenvalue weighted by molar-refractivity contribution is 9.10. The van der Waals surface area contributed by atoms with E-state index in [0.29, 0.717) is 30.1 Å². The van der Waals surface area contributed by atoms with Crippen molar-refractivity contribution in [2.24, 2.45) is 0 Å². The topological polar surface area (TPSA) is 72.2 Å². The first kappa shape index (κ1) is 19.4. The fourth-order valence-corrected chi connectivity index (χ4v) is 3.80. The molecule has 2 saturated heterocycles. The fourth-order valence-electron chi connectivity index (χ4n) is 3.49. The molecule has 0 aromatic carbocycles. The van der Waals surface area contributed by atoms with Crippen LogP contribution in [0.3, 0.4) is 0 Å². The number of halogens is 1. The predicted octanol–water partition coefficient (Wildman–Crippen LogP) is 2.30. The third kappa shape index (κ3) is 4.47. The Bertz CT molecular complexity index is 652. The van der Waals surface area contributed by atoms with E-state index in [-0.39, 0.29) is 30.1 Å². The van der Waals surface area contributed by atoms with Gasteiger partial charge in [0.1, 0.15) is 6.61 Å². The zero-order chi connectivity index (χ0) is 18.7. The summed E-state index contributed by atoms with van der Waals surface area (Å²) in [4.78, 5) is 27.6. The van der Waals surface area contributed by atoms with Crippen LogP contribution < -0.4 is 0 Å². The number of carbonyl (C=O) groups excluding carboxylic acids is 2. The van der Waals surface area contributed by atoms with Gasteiger partial charge in [0.2, 0.25) is 5.91 Å². The molecule has 2 aliphatic rings. The first-order valence-electron chi connectivity index (χ1n) is 8.89. The Labute approximate surface area is 161 Å². The van der Waals surface area contributed by atoms with Crippen molar-refractivity contribution >= 4 is 27.7 Å². The monoisotopic (exact) mass is 428 g/mol. The van der Waals surface area contributed by atoms with Crippen LogP contribution in [0.1, 0.15) is 36.2 Å². The lowest BCUT2D eigenvalue weighted by molar-refractivity contribution is -0.160. The van der Waals surface area contributed by atoms with Gasteiger partial charge < -0.3 is 23.7 Å². The summed E-state index contributed by atoms with van der Waals surface area (Å²) in [5, 5.41) is 0. The van der Waals surface area contributed by atoms with E-state index in [1.807, 2.05) is 0 Å². The third-order valence-electron chi connectivity index (χ3n) is 5.13. The molecule has 1 atom stereocenters. The van der Waals surface area contributed by atoms with E-state index in [2.05, 4.69) is 15.9 Å². The number of ether oxygens (including phenoxy) is 2. The van der Waals surface area contributed by atoms with Crippen LogP contribution in [0.15, 0.2) is 21.2 Å². The minimum Gasteiger partial charge on any atom is -0.444 e. The van der Waals surface area contributed by atoms with Crippen molar-refractivity contribution in [2.75, 3.05) is 40.4 Å². The molecule has 1 spiro atoms. The second-order valence-electron chi connectivity index (χ2n) is 7.14. The van der Waals surface area contributed by atoms with Crippen molar-refractivity contribution < 1.29 is 23.5 Å². The maximum atomic E-state index is 12.5. The van der Waals surface area contributed by atoms with Gasteiger partial charge in [-0.2, -0.15) is 0 Å². The maximum Gasteiger partial charge on any atom is 0.289 e. The molecule has 3 rings (SSSR count). The van der Waals surface area contributed by atoms with E-state index in [4.69, 9.17) is 13.9 Å². The van der Waals surface area contributed by atoms with Gasteiger partial charge in [-0.25, -0.2) is 0 Å². The quantitative estimate of drug-likeness (QED) is 0.735. The molecule has 2 fully saturated rings. The Morgan fingerprint density at radius 2 is 2.08 bits per heavy atom. The lowest BCUT2D eigenvalue weighted by Crippen LogP contribution is -2.52. The van der Waals surface area contributed by atoms with Gasteiger partial charge in [0.05, 0.1) is 11.7 Å². The molecule has 0 radical (unpaired) electrons. The number of piperidine rings is 1. The maximum absolute atomic E-state index is 12.5. The molecule has 2 aliphatic heterocycles. The summed E-state index contributed by atoms with van der Waals surface area (Å²) >= 11 is 3.22. The lowest BCUT2D eigenvalue weighted by Gasteiger charge is -2.45. The van der Waals surface area contributed by atoms with Crippen molar-refractivity contribution in [3.8, 4) is 0 Å². The van der Waals surface area contributed by atoms with Gasteiger partial charge in [0, 0.05) is 40.2 Å². The molecular weight excluding hydrogens is 404 g/mol. The molecule has 8 heteroatoms. The zero-order valence-electron chi connectivity index (χ0n) is 15.2. The first-order valence-corrected chi connectivity index (χ1v) is 9.68. The Balaban J connectivity index is 1.52. The number of carbonyl (C=O) groups is 2. The van der Waals surface area contributed by atoms with Crippen LogP contribution in [-0.2, 0) is 14.3 Å². The largest absolute Gasteiger partial charge is 0.444 e. The molecule has 26 heavy (non-hydrogen) atoms. The van der Waals surface area contributed by atoms with Crippen LogP contribution in [0.4, 0.5) is 0 Å². The van der Waals surface area contributed by atoms with Crippen molar-refractivity contribution in [1.29, 1.82) is 0 Å². The van der Waals surface area contributed by atoms with Gasteiger partial charge in [0.15, 0.2) is 10.4 Å². The van der Waals surface area contributed by atoms with Gasteiger partial charge >= 0.3 is 0 Å². The molecule has 0 saturated carbocycles. The van der Waals surface area contributed by atoms with E-state index >= 15 is 0 Å². The van der Waals surface area contributed by atoms with Gasteiger partial charge in [-0.05, 0) is 47.3 Å². The number of hydrogen-bond acceptors (Lipinski definition) is 5. The number of likely N-dealkylation sites (N-methyl/N-ethyl adjacent to an activating group) is 1. The molecule has 0 aliphatic carbocycles. The van der Waals surface area contributed by atoms with E-state index in [0.717, 1.165) is 25.7 Å². The molecule has 144 valence electrons. The number of nitrogens with zero attached hydrogens (tertiary/aromatic N) is 2. The Morgan fingerprint density at radius 1 is 1.35 bits per heavy atom. The van der Waals surface area contributed by atoms with Crippen molar-refractivity contribution in [1.82, 2.24) is 9.80 Å². The van der Waals surface area contributed by atoms with Crippen molar-refractivity contribution in [3.05, 3.63) is 22.6 Å². The Hall–Kier alpha value is -1.38. The van der Waals surface area contributed by atoms with Crippen LogP contribution in [0.25, 0.3) is 0 Å².